The van der Waals surface area contributed by atoms with Gasteiger partial charge in [-0.25, -0.2) is 9.98 Å². The second-order valence-corrected chi connectivity index (χ2v) is 7.14. The molecule has 8 heteroatoms. The Morgan fingerprint density at radius 3 is 2.48 bits per heavy atom. The van der Waals surface area contributed by atoms with E-state index in [9.17, 15) is 0 Å². The van der Waals surface area contributed by atoms with Crippen molar-refractivity contribution in [3.63, 3.8) is 0 Å². The molecule has 2 N–H and O–H groups in total. The second-order valence-electron chi connectivity index (χ2n) is 6.33. The van der Waals surface area contributed by atoms with Gasteiger partial charge >= 0.3 is 0 Å². The van der Waals surface area contributed by atoms with Crippen molar-refractivity contribution in [2.24, 2.45) is 12.0 Å². The minimum absolute atomic E-state index is 0.267. The standard InChI is InChI=1S/C17H24Cl2N6/c1-5-20-16(21-9-14-23-11-24-25(14)4)22-10-17(2,3)15-12(18)7-6-8-13(15)19/h6-8,11H,5,9-10H2,1-4H3,(H2,20,21,22). The van der Waals surface area contributed by atoms with Crippen molar-refractivity contribution >= 4 is 29.2 Å². The molecule has 0 bridgehead atoms. The molecule has 0 saturated carbocycles. The van der Waals surface area contributed by atoms with E-state index >= 15 is 0 Å². The summed E-state index contributed by atoms with van der Waals surface area (Å²) in [5.74, 6) is 1.51. The van der Waals surface area contributed by atoms with Crippen molar-refractivity contribution in [3.8, 4) is 0 Å². The average molecular weight is 383 g/mol. The fraction of sp³-hybridized carbons (Fsp3) is 0.471. The van der Waals surface area contributed by atoms with E-state index in [0.29, 0.717) is 29.1 Å². The van der Waals surface area contributed by atoms with E-state index in [1.807, 2.05) is 32.2 Å². The van der Waals surface area contributed by atoms with Gasteiger partial charge in [-0.15, -0.1) is 0 Å². The van der Waals surface area contributed by atoms with E-state index < -0.39 is 0 Å². The number of aliphatic imine (C=N–C) groups is 1. The topological polar surface area (TPSA) is 67.1 Å². The number of aryl methyl sites for hydroxylation is 1. The Kier molecular flexibility index (Phi) is 6.67. The van der Waals surface area contributed by atoms with E-state index in [0.717, 1.165) is 17.9 Å². The van der Waals surface area contributed by atoms with Crippen LogP contribution in [0.5, 0.6) is 0 Å². The maximum Gasteiger partial charge on any atom is 0.191 e. The molecule has 1 aromatic heterocycles. The third-order valence-corrected chi connectivity index (χ3v) is 4.50. The smallest absolute Gasteiger partial charge is 0.191 e. The number of halogens is 2. The molecular weight excluding hydrogens is 359 g/mol. The third-order valence-electron chi connectivity index (χ3n) is 3.87. The fourth-order valence-electron chi connectivity index (χ4n) is 2.49. The van der Waals surface area contributed by atoms with Gasteiger partial charge in [-0.05, 0) is 24.6 Å². The molecule has 0 aliphatic heterocycles. The first-order chi connectivity index (χ1) is 11.8. The summed E-state index contributed by atoms with van der Waals surface area (Å²) in [5, 5.41) is 12.0. The van der Waals surface area contributed by atoms with E-state index in [-0.39, 0.29) is 5.41 Å². The maximum atomic E-state index is 6.36. The zero-order valence-corrected chi connectivity index (χ0v) is 16.5. The number of hydrogen-bond acceptors (Lipinski definition) is 3. The van der Waals surface area contributed by atoms with E-state index in [1.165, 1.54) is 6.33 Å². The molecule has 0 unspecified atom stereocenters. The summed E-state index contributed by atoms with van der Waals surface area (Å²) in [5.41, 5.74) is 0.658. The first-order valence-corrected chi connectivity index (χ1v) is 8.90. The SMILES string of the molecule is CCNC(=NCc1ncnn1C)NCC(C)(C)c1c(Cl)cccc1Cl. The van der Waals surface area contributed by atoms with Crippen LogP contribution in [0.15, 0.2) is 29.5 Å². The molecule has 0 atom stereocenters. The first-order valence-electron chi connectivity index (χ1n) is 8.14. The summed E-state index contributed by atoms with van der Waals surface area (Å²) in [6.07, 6.45) is 1.52. The minimum atomic E-state index is -0.267. The number of nitrogens with one attached hydrogen (secondary N) is 2. The summed E-state index contributed by atoms with van der Waals surface area (Å²) in [7, 11) is 1.85. The Balaban J connectivity index is 2.10. The van der Waals surface area contributed by atoms with Gasteiger partial charge in [-0.3, -0.25) is 4.68 Å². The van der Waals surface area contributed by atoms with Crippen LogP contribution in [0.25, 0.3) is 0 Å². The van der Waals surface area contributed by atoms with Crippen molar-refractivity contribution in [2.45, 2.75) is 32.7 Å². The molecule has 0 saturated heterocycles. The molecule has 6 nitrogen and oxygen atoms in total. The Hall–Kier alpha value is -1.79. The van der Waals surface area contributed by atoms with E-state index in [1.54, 1.807) is 4.68 Å². The molecule has 0 spiro atoms. The van der Waals surface area contributed by atoms with Crippen LogP contribution in [0, 0.1) is 0 Å². The molecule has 1 heterocycles. The van der Waals surface area contributed by atoms with E-state index in [2.05, 4.69) is 39.6 Å². The van der Waals surface area contributed by atoms with Crippen molar-refractivity contribution in [2.75, 3.05) is 13.1 Å². The number of rotatable bonds is 6. The van der Waals surface area contributed by atoms with Crippen LogP contribution >= 0.6 is 23.2 Å². The lowest BCUT2D eigenvalue weighted by atomic mass is 9.84. The Morgan fingerprint density at radius 1 is 1.24 bits per heavy atom. The number of guanidine groups is 1. The predicted molar refractivity (Wildman–Crippen MR) is 103 cm³/mol. The van der Waals surface area contributed by atoms with Crippen LogP contribution in [-0.2, 0) is 19.0 Å². The van der Waals surface area contributed by atoms with Gasteiger partial charge in [-0.2, -0.15) is 5.10 Å². The highest BCUT2D eigenvalue weighted by atomic mass is 35.5. The van der Waals surface area contributed by atoms with Crippen molar-refractivity contribution in [3.05, 3.63) is 46.0 Å². The molecule has 2 rings (SSSR count). The van der Waals surface area contributed by atoms with Crippen LogP contribution in [0.4, 0.5) is 0 Å². The van der Waals surface area contributed by atoms with Crippen LogP contribution < -0.4 is 10.6 Å². The lowest BCUT2D eigenvalue weighted by Crippen LogP contribution is -2.43. The van der Waals surface area contributed by atoms with Gasteiger partial charge in [0.15, 0.2) is 5.96 Å². The highest BCUT2D eigenvalue weighted by molar-refractivity contribution is 6.36. The zero-order valence-electron chi connectivity index (χ0n) is 15.0. The summed E-state index contributed by atoms with van der Waals surface area (Å²) in [6, 6.07) is 5.57. The van der Waals surface area contributed by atoms with Crippen LogP contribution in [0.1, 0.15) is 32.2 Å². The van der Waals surface area contributed by atoms with Crippen LogP contribution in [0.2, 0.25) is 10.0 Å². The average Bonchev–Trinajstić information content (AvgIpc) is 2.95. The van der Waals surface area contributed by atoms with E-state index in [4.69, 9.17) is 23.2 Å². The van der Waals surface area contributed by atoms with Crippen molar-refractivity contribution in [1.29, 1.82) is 0 Å². The maximum absolute atomic E-state index is 6.36. The minimum Gasteiger partial charge on any atom is -0.357 e. The van der Waals surface area contributed by atoms with Crippen LogP contribution in [-0.4, -0.2) is 33.8 Å². The summed E-state index contributed by atoms with van der Waals surface area (Å²) in [4.78, 5) is 8.75. The largest absolute Gasteiger partial charge is 0.357 e. The molecule has 0 fully saturated rings. The molecule has 2 aromatic rings. The van der Waals surface area contributed by atoms with Crippen molar-refractivity contribution in [1.82, 2.24) is 25.4 Å². The fourth-order valence-corrected chi connectivity index (χ4v) is 3.40. The van der Waals surface area contributed by atoms with Gasteiger partial charge < -0.3 is 10.6 Å². The highest BCUT2D eigenvalue weighted by Gasteiger charge is 2.26. The number of nitrogens with zero attached hydrogens (tertiary/aromatic N) is 4. The lowest BCUT2D eigenvalue weighted by Gasteiger charge is -2.28. The number of aromatic nitrogens is 3. The van der Waals surface area contributed by atoms with Gasteiger partial charge in [0.05, 0.1) is 0 Å². The van der Waals surface area contributed by atoms with Crippen molar-refractivity contribution < 1.29 is 0 Å². The van der Waals surface area contributed by atoms with Gasteiger partial charge in [0, 0.05) is 35.6 Å². The third kappa shape index (κ3) is 5.09. The summed E-state index contributed by atoms with van der Waals surface area (Å²) in [6.45, 7) is 8.05. The van der Waals surface area contributed by atoms with Crippen LogP contribution in [0.3, 0.4) is 0 Å². The molecule has 0 aliphatic carbocycles. The molecular formula is C17H24Cl2N6. The normalized spacial score (nSPS) is 12.3. The molecule has 0 amide bonds. The number of benzene rings is 1. The molecule has 25 heavy (non-hydrogen) atoms. The first kappa shape index (κ1) is 19.5. The lowest BCUT2D eigenvalue weighted by molar-refractivity contribution is 0.509. The van der Waals surface area contributed by atoms with Gasteiger partial charge in [0.25, 0.3) is 0 Å². The highest BCUT2D eigenvalue weighted by Crippen LogP contribution is 2.35. The summed E-state index contributed by atoms with van der Waals surface area (Å²) >= 11 is 12.7. The quantitative estimate of drug-likeness (QED) is 0.594. The molecule has 0 aliphatic rings. The zero-order chi connectivity index (χ0) is 18.4. The van der Waals surface area contributed by atoms with Gasteiger partial charge in [-0.1, -0.05) is 43.1 Å². The Morgan fingerprint density at radius 2 is 1.92 bits per heavy atom. The predicted octanol–water partition coefficient (Wildman–Crippen LogP) is 3.15. The monoisotopic (exact) mass is 382 g/mol. The Bertz CT molecular complexity index is 718. The second kappa shape index (κ2) is 8.54. The Labute approximate surface area is 158 Å². The number of hydrogen-bond donors (Lipinski definition) is 2. The molecule has 0 radical (unpaired) electrons. The summed E-state index contributed by atoms with van der Waals surface area (Å²) < 4.78 is 1.71. The molecule has 136 valence electrons. The van der Waals surface area contributed by atoms with Gasteiger partial charge in [0.1, 0.15) is 18.7 Å². The van der Waals surface area contributed by atoms with Gasteiger partial charge in [0.2, 0.25) is 0 Å². The molecule has 1 aromatic carbocycles.